The van der Waals surface area contributed by atoms with Gasteiger partial charge in [0.1, 0.15) is 5.75 Å². The molecule has 0 bridgehead atoms. The molecule has 29 heavy (non-hydrogen) atoms. The molecular weight excluding hydrogens is 362 g/mol. The lowest BCUT2D eigenvalue weighted by atomic mass is 9.85. The quantitative estimate of drug-likeness (QED) is 0.647. The van der Waals surface area contributed by atoms with Crippen LogP contribution in [0.4, 0.5) is 11.4 Å². The fraction of sp³-hybridized carbons (Fsp3) is 0.292. The van der Waals surface area contributed by atoms with Gasteiger partial charge in [0.15, 0.2) is 0 Å². The minimum Gasteiger partial charge on any atom is -0.495 e. The van der Waals surface area contributed by atoms with Crippen molar-refractivity contribution in [3.05, 3.63) is 65.6 Å². The van der Waals surface area contributed by atoms with Crippen LogP contribution >= 0.6 is 0 Å². The van der Waals surface area contributed by atoms with Crippen molar-refractivity contribution < 1.29 is 9.53 Å². The summed E-state index contributed by atoms with van der Waals surface area (Å²) in [6, 6.07) is 7.95. The smallest absolute Gasteiger partial charge is 0.241 e. The first-order chi connectivity index (χ1) is 13.7. The minimum atomic E-state index is -0.631. The summed E-state index contributed by atoms with van der Waals surface area (Å²) in [5.74, 6) is 0.662. The van der Waals surface area contributed by atoms with E-state index in [1.165, 1.54) is 0 Å². The third kappa shape index (κ3) is 3.60. The normalized spacial score (nSPS) is 15.7. The summed E-state index contributed by atoms with van der Waals surface area (Å²) in [7, 11) is 1.61. The van der Waals surface area contributed by atoms with Crippen LogP contribution < -0.4 is 9.64 Å². The Hall–Kier alpha value is -3.21. The minimum absolute atomic E-state index is 0.00925. The van der Waals surface area contributed by atoms with Gasteiger partial charge in [0.25, 0.3) is 0 Å². The van der Waals surface area contributed by atoms with E-state index < -0.39 is 5.41 Å². The number of carbonyl (C=O) groups excluding carboxylic acids is 1. The van der Waals surface area contributed by atoms with Gasteiger partial charge >= 0.3 is 0 Å². The number of carbonyl (C=O) groups is 1. The van der Waals surface area contributed by atoms with Gasteiger partial charge in [-0.1, -0.05) is 24.8 Å². The van der Waals surface area contributed by atoms with Crippen molar-refractivity contribution in [3.63, 3.8) is 0 Å². The SMILES string of the molecule is C=C(C)N=C/C(=C\C)c1ccc2c(c1)N(c1cnc(C)c(OC)c1)C(=O)C2(C)C. The van der Waals surface area contributed by atoms with Gasteiger partial charge in [-0.2, -0.15) is 0 Å². The van der Waals surface area contributed by atoms with E-state index in [0.717, 1.165) is 33.8 Å². The van der Waals surface area contributed by atoms with Gasteiger partial charge in [0.05, 0.1) is 35.8 Å². The Morgan fingerprint density at radius 3 is 2.66 bits per heavy atom. The highest BCUT2D eigenvalue weighted by molar-refractivity contribution is 6.15. The number of methoxy groups -OCH3 is 1. The molecule has 0 radical (unpaired) electrons. The number of benzene rings is 1. The molecule has 1 aliphatic rings. The molecule has 0 N–H and O–H groups in total. The topological polar surface area (TPSA) is 54.8 Å². The lowest BCUT2D eigenvalue weighted by Crippen LogP contribution is -2.33. The molecule has 150 valence electrons. The van der Waals surface area contributed by atoms with Crippen LogP contribution in [-0.2, 0) is 10.2 Å². The van der Waals surface area contributed by atoms with Gasteiger partial charge in [-0.05, 0) is 57.4 Å². The number of nitrogens with zero attached hydrogens (tertiary/aromatic N) is 3. The fourth-order valence-electron chi connectivity index (χ4n) is 3.51. The third-order valence-corrected chi connectivity index (χ3v) is 5.22. The van der Waals surface area contributed by atoms with Gasteiger partial charge < -0.3 is 4.74 Å². The van der Waals surface area contributed by atoms with Crippen molar-refractivity contribution in [3.8, 4) is 5.75 Å². The lowest BCUT2D eigenvalue weighted by molar-refractivity contribution is -0.121. The van der Waals surface area contributed by atoms with E-state index in [4.69, 9.17) is 4.74 Å². The Kier molecular flexibility index (Phi) is 5.42. The Morgan fingerprint density at radius 2 is 2.03 bits per heavy atom. The highest BCUT2D eigenvalue weighted by Gasteiger charge is 2.44. The highest BCUT2D eigenvalue weighted by Crippen LogP contribution is 2.46. The zero-order chi connectivity index (χ0) is 21.3. The van der Waals surface area contributed by atoms with E-state index in [1.54, 1.807) is 24.4 Å². The maximum atomic E-state index is 13.3. The Labute approximate surface area is 172 Å². The molecule has 1 aliphatic heterocycles. The summed E-state index contributed by atoms with van der Waals surface area (Å²) in [5, 5.41) is 0. The zero-order valence-corrected chi connectivity index (χ0v) is 17.9. The predicted molar refractivity (Wildman–Crippen MR) is 119 cm³/mol. The van der Waals surface area contributed by atoms with Gasteiger partial charge in [0, 0.05) is 18.0 Å². The molecule has 0 saturated heterocycles. The summed E-state index contributed by atoms with van der Waals surface area (Å²) in [5.41, 5.74) is 5.37. The first-order valence-electron chi connectivity index (χ1n) is 9.56. The molecule has 1 aromatic heterocycles. The molecule has 5 nitrogen and oxygen atoms in total. The Morgan fingerprint density at radius 1 is 1.31 bits per heavy atom. The molecule has 0 atom stereocenters. The van der Waals surface area contributed by atoms with E-state index in [0.29, 0.717) is 11.4 Å². The number of anilines is 2. The third-order valence-electron chi connectivity index (χ3n) is 5.22. The molecule has 1 aromatic carbocycles. The van der Waals surface area contributed by atoms with Gasteiger partial charge in [-0.15, -0.1) is 0 Å². The van der Waals surface area contributed by atoms with E-state index >= 15 is 0 Å². The molecule has 0 spiro atoms. The fourth-order valence-corrected chi connectivity index (χ4v) is 3.51. The number of amides is 1. The number of fused-ring (bicyclic) bond motifs is 1. The van der Waals surface area contributed by atoms with Gasteiger partial charge in [-0.25, -0.2) is 0 Å². The van der Waals surface area contributed by atoms with Gasteiger partial charge in [-0.3, -0.25) is 19.7 Å². The van der Waals surface area contributed by atoms with Gasteiger partial charge in [0.2, 0.25) is 5.91 Å². The van der Waals surface area contributed by atoms with Crippen LogP contribution in [0, 0.1) is 6.92 Å². The Balaban J connectivity index is 2.16. The van der Waals surface area contributed by atoms with Crippen LogP contribution in [0.25, 0.3) is 5.57 Å². The van der Waals surface area contributed by atoms with Crippen LogP contribution in [0.3, 0.4) is 0 Å². The summed E-state index contributed by atoms with van der Waals surface area (Å²) in [4.78, 5) is 23.8. The zero-order valence-electron chi connectivity index (χ0n) is 17.9. The summed E-state index contributed by atoms with van der Waals surface area (Å²) in [6.45, 7) is 13.4. The number of aryl methyl sites for hydroxylation is 1. The van der Waals surface area contributed by atoms with Crippen LogP contribution in [0.5, 0.6) is 5.75 Å². The second-order valence-corrected chi connectivity index (χ2v) is 7.72. The summed E-state index contributed by atoms with van der Waals surface area (Å²) >= 11 is 0. The van der Waals surface area contributed by atoms with E-state index in [1.807, 2.05) is 65.0 Å². The van der Waals surface area contributed by atoms with Crippen LogP contribution in [0.15, 0.2) is 53.8 Å². The second kappa shape index (κ2) is 7.66. The van der Waals surface area contributed by atoms with Crippen LogP contribution in [0.1, 0.15) is 44.5 Å². The molecular formula is C24H27N3O2. The number of rotatable bonds is 5. The van der Waals surface area contributed by atoms with Crippen molar-refractivity contribution in [1.82, 2.24) is 4.98 Å². The molecule has 2 heterocycles. The predicted octanol–water partition coefficient (Wildman–Crippen LogP) is 5.36. The maximum Gasteiger partial charge on any atom is 0.241 e. The molecule has 5 heteroatoms. The maximum absolute atomic E-state index is 13.3. The number of hydrogen-bond acceptors (Lipinski definition) is 4. The van der Waals surface area contributed by atoms with Crippen molar-refractivity contribution in [2.24, 2.45) is 4.99 Å². The largest absolute Gasteiger partial charge is 0.495 e. The average molecular weight is 389 g/mol. The van der Waals surface area contributed by atoms with Crippen molar-refractivity contribution in [2.45, 2.75) is 40.0 Å². The first kappa shape index (κ1) is 20.5. The van der Waals surface area contributed by atoms with E-state index in [2.05, 4.69) is 16.6 Å². The number of aliphatic imine (C=N–C) groups is 1. The molecule has 3 rings (SSSR count). The average Bonchev–Trinajstić information content (AvgIpc) is 2.88. The summed E-state index contributed by atoms with van der Waals surface area (Å²) in [6.07, 6.45) is 5.51. The van der Waals surface area contributed by atoms with Crippen LogP contribution in [0.2, 0.25) is 0 Å². The van der Waals surface area contributed by atoms with Crippen molar-refractivity contribution in [2.75, 3.05) is 12.0 Å². The molecule has 0 fully saturated rings. The molecule has 1 amide bonds. The van der Waals surface area contributed by atoms with E-state index in [-0.39, 0.29) is 5.91 Å². The number of ether oxygens (including phenoxy) is 1. The summed E-state index contributed by atoms with van der Waals surface area (Å²) < 4.78 is 5.42. The molecule has 2 aromatic rings. The molecule has 0 saturated carbocycles. The lowest BCUT2D eigenvalue weighted by Gasteiger charge is -2.21. The van der Waals surface area contributed by atoms with Crippen molar-refractivity contribution >= 4 is 29.1 Å². The number of hydrogen-bond donors (Lipinski definition) is 0. The monoisotopic (exact) mass is 389 g/mol. The molecule has 0 aliphatic carbocycles. The first-order valence-corrected chi connectivity index (χ1v) is 9.56. The Bertz CT molecular complexity index is 1050. The van der Waals surface area contributed by atoms with Crippen molar-refractivity contribution in [1.29, 1.82) is 0 Å². The molecule has 0 unspecified atom stereocenters. The number of allylic oxidation sites excluding steroid dienone is 3. The standard InChI is InChI=1S/C24H27N3O2/c1-8-17(13-25-15(2)3)18-9-10-20-21(11-18)27(23(28)24(20,5)6)19-12-22(29-7)16(4)26-14-19/h8-14H,2H2,1,3-7H3/b17-8+,25-13?. The van der Waals surface area contributed by atoms with Crippen LogP contribution in [-0.4, -0.2) is 24.2 Å². The highest BCUT2D eigenvalue weighted by atomic mass is 16.5. The second-order valence-electron chi connectivity index (χ2n) is 7.72. The number of pyridine rings is 1. The van der Waals surface area contributed by atoms with E-state index in [9.17, 15) is 4.79 Å². The number of aromatic nitrogens is 1.